The normalized spacial score (nSPS) is 23.8. The molecule has 49 heavy (non-hydrogen) atoms. The summed E-state index contributed by atoms with van der Waals surface area (Å²) in [6.07, 6.45) is 12.8. The van der Waals surface area contributed by atoms with Crippen LogP contribution in [-0.4, -0.2) is 69.9 Å². The van der Waals surface area contributed by atoms with Crippen molar-refractivity contribution in [1.82, 2.24) is 20.0 Å². The summed E-state index contributed by atoms with van der Waals surface area (Å²) in [5.74, 6) is 1.15. The molecule has 4 heterocycles. The van der Waals surface area contributed by atoms with Gasteiger partial charge in [-0.3, -0.25) is 19.6 Å². The number of nitrogens with two attached hydrogens (primary N) is 3. The molecule has 1 saturated carbocycles. The number of phenols is 1. The average molecular weight is 667 g/mol. The molecule has 1 aromatic heterocycles. The molecule has 1 unspecified atom stereocenters. The first-order chi connectivity index (χ1) is 23.8. The summed E-state index contributed by atoms with van der Waals surface area (Å²) in [6, 6.07) is 13.7. The summed E-state index contributed by atoms with van der Waals surface area (Å²) in [5, 5.41) is 17.4. The quantitative estimate of drug-likeness (QED) is 0.185. The summed E-state index contributed by atoms with van der Waals surface area (Å²) in [7, 11) is 0. The molecule has 0 spiro atoms. The first-order valence-electron chi connectivity index (χ1n) is 17.4. The monoisotopic (exact) mass is 666 g/mol. The Kier molecular flexibility index (Phi) is 9.22. The van der Waals surface area contributed by atoms with Crippen molar-refractivity contribution in [2.45, 2.75) is 75.4 Å². The number of aromatic nitrogens is 2. The average Bonchev–Trinajstić information content (AvgIpc) is 3.60. The molecular weight excluding hydrogens is 620 g/mol. The van der Waals surface area contributed by atoms with Crippen molar-refractivity contribution < 1.29 is 19.4 Å². The lowest BCUT2D eigenvalue weighted by molar-refractivity contribution is -0.134. The van der Waals surface area contributed by atoms with Gasteiger partial charge in [-0.05, 0) is 80.7 Å². The molecule has 3 aromatic rings. The number of carbonyl (C=O) groups is 2. The number of carbonyl (C=O) groups excluding carboxylic acids is 2. The van der Waals surface area contributed by atoms with E-state index in [-0.39, 0.29) is 35.5 Å². The number of hydrogen-bond donors (Lipinski definition) is 5. The number of para-hydroxylation sites is 2. The summed E-state index contributed by atoms with van der Waals surface area (Å²) in [5.41, 5.74) is 22.9. The summed E-state index contributed by atoms with van der Waals surface area (Å²) < 4.78 is 8.28. The van der Waals surface area contributed by atoms with Crippen LogP contribution in [-0.2, 0) is 9.59 Å². The zero-order valence-electron chi connectivity index (χ0n) is 27.8. The predicted octanol–water partition coefficient (Wildman–Crippen LogP) is 3.54. The number of nitrogens with one attached hydrogen (secondary N) is 1. The Labute approximate surface area is 286 Å². The van der Waals surface area contributed by atoms with Gasteiger partial charge >= 0.3 is 0 Å². The van der Waals surface area contributed by atoms with Crippen LogP contribution in [0.15, 0.2) is 66.8 Å². The maximum atomic E-state index is 12.7. The van der Waals surface area contributed by atoms with Crippen molar-refractivity contribution in [3.05, 3.63) is 83.4 Å². The van der Waals surface area contributed by atoms with Crippen LogP contribution in [0.5, 0.6) is 11.5 Å². The lowest BCUT2D eigenvalue weighted by Gasteiger charge is -2.42. The minimum absolute atomic E-state index is 0.0912. The number of ether oxygens (including phenoxy) is 1. The van der Waals surface area contributed by atoms with Gasteiger partial charge in [0.05, 0.1) is 24.5 Å². The van der Waals surface area contributed by atoms with Crippen molar-refractivity contribution >= 4 is 28.8 Å². The largest absolute Gasteiger partial charge is 0.507 e. The van der Waals surface area contributed by atoms with Crippen molar-refractivity contribution in [2.24, 2.45) is 17.2 Å². The van der Waals surface area contributed by atoms with Crippen LogP contribution >= 0.6 is 0 Å². The van der Waals surface area contributed by atoms with Crippen LogP contribution in [0.3, 0.4) is 0 Å². The molecule has 4 aliphatic rings. The number of anilines is 1. The molecule has 12 nitrogen and oxygen atoms in total. The summed E-state index contributed by atoms with van der Waals surface area (Å²) in [4.78, 5) is 29.2. The minimum Gasteiger partial charge on any atom is -0.507 e. The number of amides is 2. The predicted molar refractivity (Wildman–Crippen MR) is 188 cm³/mol. The SMILES string of the molecule is NC(N)=C(/C=C(\N)c1ccccc1O)c1cnn(C2CCN([C@H]3CC[C@@H](c4cccc5c4OCCN5C4CCC(=O)NC4=O)CC3)CC2)c1. The molecule has 2 aromatic carbocycles. The first kappa shape index (κ1) is 32.6. The van der Waals surface area contributed by atoms with E-state index in [1.54, 1.807) is 30.5 Å². The second-order valence-electron chi connectivity index (χ2n) is 13.7. The van der Waals surface area contributed by atoms with Crippen molar-refractivity contribution in [3.8, 4) is 11.5 Å². The van der Waals surface area contributed by atoms with Gasteiger partial charge in [0.2, 0.25) is 11.8 Å². The molecule has 2 amide bonds. The van der Waals surface area contributed by atoms with Crippen molar-refractivity contribution in [2.75, 3.05) is 31.1 Å². The maximum Gasteiger partial charge on any atom is 0.249 e. The standard InChI is InChI=1S/C37H46N8O4/c38-30(28-4-1-2-7-33(28)46)20-29(36(39)40)24-21-41-45(22-24)26-14-16-43(17-15-26)25-10-8-23(9-11-25)27-5-3-6-31-35(27)49-19-18-44(31)32-12-13-34(47)42-37(32)48/h1-7,20-23,25-26,32,46H,8-19,38-40H2,(H,42,47,48)/b30-20-/t23-,25+,32?. The van der Waals surface area contributed by atoms with Gasteiger partial charge < -0.3 is 36.8 Å². The Morgan fingerprint density at radius 2 is 1.69 bits per heavy atom. The van der Waals surface area contributed by atoms with Crippen LogP contribution in [0, 0.1) is 0 Å². The second-order valence-corrected chi connectivity index (χ2v) is 13.7. The summed E-state index contributed by atoms with van der Waals surface area (Å²) >= 11 is 0. The molecule has 8 N–H and O–H groups in total. The molecule has 12 heteroatoms. The molecule has 258 valence electrons. The second kappa shape index (κ2) is 13.9. The molecule has 7 rings (SSSR count). The molecule has 0 radical (unpaired) electrons. The first-order valence-corrected chi connectivity index (χ1v) is 17.4. The van der Waals surface area contributed by atoms with Gasteiger partial charge in [-0.1, -0.05) is 24.3 Å². The third kappa shape index (κ3) is 6.69. The van der Waals surface area contributed by atoms with E-state index in [0.29, 0.717) is 54.8 Å². The van der Waals surface area contributed by atoms with E-state index in [1.807, 2.05) is 23.0 Å². The van der Waals surface area contributed by atoms with Gasteiger partial charge in [0, 0.05) is 54.1 Å². The highest BCUT2D eigenvalue weighted by Crippen LogP contribution is 2.45. The third-order valence-corrected chi connectivity index (χ3v) is 10.8. The van der Waals surface area contributed by atoms with E-state index in [9.17, 15) is 14.7 Å². The topological polar surface area (TPSA) is 178 Å². The van der Waals surface area contributed by atoms with Gasteiger partial charge in [0.1, 0.15) is 30.0 Å². The number of allylic oxidation sites excluding steroid dienone is 2. The van der Waals surface area contributed by atoms with E-state index < -0.39 is 0 Å². The van der Waals surface area contributed by atoms with E-state index >= 15 is 0 Å². The number of likely N-dealkylation sites (tertiary alicyclic amines) is 1. The number of phenolic OH excluding ortho intramolecular Hbond substituents is 1. The molecule has 1 aliphatic carbocycles. The van der Waals surface area contributed by atoms with E-state index in [2.05, 4.69) is 32.3 Å². The minimum atomic E-state index is -0.342. The van der Waals surface area contributed by atoms with Crippen LogP contribution in [0.25, 0.3) is 11.3 Å². The number of imide groups is 1. The zero-order valence-corrected chi connectivity index (χ0v) is 27.8. The Morgan fingerprint density at radius 1 is 0.918 bits per heavy atom. The molecule has 2 saturated heterocycles. The van der Waals surface area contributed by atoms with E-state index in [4.69, 9.17) is 21.9 Å². The highest BCUT2D eigenvalue weighted by molar-refractivity contribution is 6.02. The van der Waals surface area contributed by atoms with E-state index in [1.165, 1.54) is 5.56 Å². The van der Waals surface area contributed by atoms with Gasteiger partial charge in [-0.15, -0.1) is 0 Å². The Balaban J connectivity index is 0.954. The fourth-order valence-electron chi connectivity index (χ4n) is 8.15. The van der Waals surface area contributed by atoms with Crippen LogP contribution in [0.1, 0.15) is 80.0 Å². The molecular formula is C37H46N8O4. The van der Waals surface area contributed by atoms with Gasteiger partial charge in [-0.25, -0.2) is 0 Å². The fraction of sp³-hybridized carbons (Fsp3) is 0.432. The van der Waals surface area contributed by atoms with Crippen molar-refractivity contribution in [1.29, 1.82) is 0 Å². The molecule has 0 bridgehead atoms. The van der Waals surface area contributed by atoms with Crippen molar-refractivity contribution in [3.63, 3.8) is 0 Å². The molecule has 3 aliphatic heterocycles. The summed E-state index contributed by atoms with van der Waals surface area (Å²) in [6.45, 7) is 3.20. The number of aromatic hydroxyl groups is 1. The van der Waals surface area contributed by atoms with Gasteiger partial charge in [0.25, 0.3) is 0 Å². The highest BCUT2D eigenvalue weighted by Gasteiger charge is 2.37. The smallest absolute Gasteiger partial charge is 0.249 e. The third-order valence-electron chi connectivity index (χ3n) is 10.8. The van der Waals surface area contributed by atoms with Crippen LogP contribution < -0.4 is 32.2 Å². The Hall–Kier alpha value is -4.97. The zero-order chi connectivity index (χ0) is 34.1. The van der Waals surface area contributed by atoms with Crippen LogP contribution in [0.4, 0.5) is 5.69 Å². The number of benzene rings is 2. The number of piperidine rings is 2. The number of fused-ring (bicyclic) bond motifs is 1. The maximum absolute atomic E-state index is 12.7. The van der Waals surface area contributed by atoms with Gasteiger partial charge in [0.15, 0.2) is 0 Å². The number of hydrogen-bond acceptors (Lipinski definition) is 10. The van der Waals surface area contributed by atoms with Gasteiger partial charge in [-0.2, -0.15) is 5.10 Å². The lowest BCUT2D eigenvalue weighted by Crippen LogP contribution is -2.54. The number of nitrogens with zero attached hydrogens (tertiary/aromatic N) is 4. The lowest BCUT2D eigenvalue weighted by atomic mass is 9.80. The molecule has 3 fully saturated rings. The fourth-order valence-corrected chi connectivity index (χ4v) is 8.15. The Bertz CT molecular complexity index is 1760. The van der Waals surface area contributed by atoms with Crippen LogP contribution in [0.2, 0.25) is 0 Å². The number of rotatable bonds is 7. The van der Waals surface area contributed by atoms with E-state index in [0.717, 1.165) is 68.6 Å². The Morgan fingerprint density at radius 3 is 2.43 bits per heavy atom. The highest BCUT2D eigenvalue weighted by atomic mass is 16.5. The molecule has 1 atom stereocenters.